The van der Waals surface area contributed by atoms with E-state index in [0.717, 1.165) is 5.56 Å². The molecule has 0 aliphatic rings. The van der Waals surface area contributed by atoms with Crippen LogP contribution in [0.3, 0.4) is 0 Å². The molecule has 0 bridgehead atoms. The Hall–Kier alpha value is -2.08. The van der Waals surface area contributed by atoms with Crippen LogP contribution in [0.5, 0.6) is 0 Å². The second-order valence-electron chi connectivity index (χ2n) is 3.85. The lowest BCUT2D eigenvalue weighted by Gasteiger charge is -2.03. The minimum atomic E-state index is -0.458. The number of fused-ring (bicyclic) bond motifs is 1. The number of aromatic nitrogens is 1. The molecule has 0 radical (unpaired) electrons. The second kappa shape index (κ2) is 5.50. The predicted octanol–water partition coefficient (Wildman–Crippen LogP) is 0.774. The minimum absolute atomic E-state index is 0.239. The van der Waals surface area contributed by atoms with Gasteiger partial charge in [0, 0.05) is 13.1 Å². The number of carbonyl (C=O) groups is 1. The van der Waals surface area contributed by atoms with Crippen molar-refractivity contribution in [3.05, 3.63) is 34.3 Å². The van der Waals surface area contributed by atoms with Crippen LogP contribution in [-0.4, -0.2) is 24.6 Å². The Morgan fingerprint density at radius 1 is 1.50 bits per heavy atom. The van der Waals surface area contributed by atoms with Crippen molar-refractivity contribution in [2.75, 3.05) is 13.7 Å². The van der Waals surface area contributed by atoms with E-state index in [1.807, 2.05) is 12.1 Å². The molecule has 96 valence electrons. The molecule has 2 N–H and O–H groups in total. The zero-order valence-electron chi connectivity index (χ0n) is 9.99. The molecule has 0 fully saturated rings. The molecule has 0 spiro atoms. The Balaban J connectivity index is 1.91. The van der Waals surface area contributed by atoms with Crippen LogP contribution in [0.1, 0.15) is 12.0 Å². The summed E-state index contributed by atoms with van der Waals surface area (Å²) in [5.74, 6) is -0.696. The predicted molar refractivity (Wildman–Crippen MR) is 65.2 cm³/mol. The molecule has 18 heavy (non-hydrogen) atoms. The zero-order valence-corrected chi connectivity index (χ0v) is 9.99. The van der Waals surface area contributed by atoms with E-state index in [1.54, 1.807) is 6.07 Å². The van der Waals surface area contributed by atoms with Gasteiger partial charge in [0.2, 0.25) is 0 Å². The molecule has 0 amide bonds. The van der Waals surface area contributed by atoms with Gasteiger partial charge in [-0.2, -0.15) is 0 Å². The van der Waals surface area contributed by atoms with Crippen LogP contribution < -0.4 is 11.1 Å². The fourth-order valence-corrected chi connectivity index (χ4v) is 1.63. The number of carbonyl (C=O) groups excluding carboxylic acids is 1. The number of aromatic amines is 1. The van der Waals surface area contributed by atoms with Crippen molar-refractivity contribution < 1.29 is 13.9 Å². The summed E-state index contributed by atoms with van der Waals surface area (Å²) in [6.45, 7) is 1.16. The molecule has 0 saturated carbocycles. The summed E-state index contributed by atoms with van der Waals surface area (Å²) >= 11 is 0. The van der Waals surface area contributed by atoms with Crippen molar-refractivity contribution >= 4 is 17.1 Å². The topological polar surface area (TPSA) is 84.3 Å². The van der Waals surface area contributed by atoms with Crippen LogP contribution in [0.15, 0.2) is 27.4 Å². The number of H-pyrrole nitrogens is 1. The quantitative estimate of drug-likeness (QED) is 0.605. The van der Waals surface area contributed by atoms with Gasteiger partial charge in [-0.05, 0) is 17.7 Å². The number of rotatable bonds is 5. The summed E-state index contributed by atoms with van der Waals surface area (Å²) in [6, 6.07) is 5.44. The van der Waals surface area contributed by atoms with Crippen LogP contribution >= 0.6 is 0 Å². The molecule has 2 rings (SSSR count). The Labute approximate surface area is 103 Å². The van der Waals surface area contributed by atoms with E-state index in [-0.39, 0.29) is 5.97 Å². The zero-order chi connectivity index (χ0) is 13.0. The van der Waals surface area contributed by atoms with Gasteiger partial charge in [-0.15, -0.1) is 0 Å². The number of hydrogen-bond acceptors (Lipinski definition) is 5. The van der Waals surface area contributed by atoms with Crippen molar-refractivity contribution in [2.24, 2.45) is 0 Å². The SMILES string of the molecule is COC(=O)CCNCc1ccc2oc(=O)[nH]c2c1. The first-order valence-electron chi connectivity index (χ1n) is 5.58. The van der Waals surface area contributed by atoms with Crippen LogP contribution in [0.2, 0.25) is 0 Å². The Morgan fingerprint density at radius 2 is 2.33 bits per heavy atom. The van der Waals surface area contributed by atoms with E-state index in [0.29, 0.717) is 30.6 Å². The Morgan fingerprint density at radius 3 is 3.11 bits per heavy atom. The van der Waals surface area contributed by atoms with Gasteiger partial charge in [0.15, 0.2) is 5.58 Å². The van der Waals surface area contributed by atoms with Gasteiger partial charge in [0.25, 0.3) is 0 Å². The number of ether oxygens (including phenoxy) is 1. The van der Waals surface area contributed by atoms with Crippen molar-refractivity contribution in [3.8, 4) is 0 Å². The lowest BCUT2D eigenvalue weighted by atomic mass is 10.2. The molecule has 1 heterocycles. The normalized spacial score (nSPS) is 10.7. The van der Waals surface area contributed by atoms with E-state index in [1.165, 1.54) is 7.11 Å². The van der Waals surface area contributed by atoms with Crippen molar-refractivity contribution in [3.63, 3.8) is 0 Å². The van der Waals surface area contributed by atoms with Gasteiger partial charge in [0.05, 0.1) is 19.0 Å². The molecule has 0 atom stereocenters. The van der Waals surface area contributed by atoms with Crippen LogP contribution in [0.25, 0.3) is 11.1 Å². The number of hydrogen-bond donors (Lipinski definition) is 2. The number of benzene rings is 1. The smallest absolute Gasteiger partial charge is 0.417 e. The largest absolute Gasteiger partial charge is 0.469 e. The van der Waals surface area contributed by atoms with E-state index in [4.69, 9.17) is 4.42 Å². The summed E-state index contributed by atoms with van der Waals surface area (Å²) in [5.41, 5.74) is 2.22. The third-order valence-electron chi connectivity index (χ3n) is 2.55. The lowest BCUT2D eigenvalue weighted by Crippen LogP contribution is -2.18. The van der Waals surface area contributed by atoms with Gasteiger partial charge in [-0.1, -0.05) is 6.07 Å². The summed E-state index contributed by atoms with van der Waals surface area (Å²) in [6.07, 6.45) is 0.335. The first-order valence-corrected chi connectivity index (χ1v) is 5.58. The molecule has 1 aromatic carbocycles. The van der Waals surface area contributed by atoms with Gasteiger partial charge < -0.3 is 14.5 Å². The van der Waals surface area contributed by atoms with Gasteiger partial charge >= 0.3 is 11.7 Å². The van der Waals surface area contributed by atoms with Gasteiger partial charge in [-0.25, -0.2) is 4.79 Å². The van der Waals surface area contributed by atoms with E-state index >= 15 is 0 Å². The van der Waals surface area contributed by atoms with Crippen LogP contribution in [0.4, 0.5) is 0 Å². The number of oxazole rings is 1. The highest BCUT2D eigenvalue weighted by atomic mass is 16.5. The third-order valence-corrected chi connectivity index (χ3v) is 2.55. The maximum absolute atomic E-state index is 11.0. The second-order valence-corrected chi connectivity index (χ2v) is 3.85. The fraction of sp³-hybridized carbons (Fsp3) is 0.333. The van der Waals surface area contributed by atoms with Gasteiger partial charge in [-0.3, -0.25) is 9.78 Å². The summed E-state index contributed by atoms with van der Waals surface area (Å²) < 4.78 is 9.43. The average molecular weight is 250 g/mol. The van der Waals surface area contributed by atoms with Crippen molar-refractivity contribution in [2.45, 2.75) is 13.0 Å². The number of nitrogens with one attached hydrogen (secondary N) is 2. The molecule has 0 aliphatic carbocycles. The highest BCUT2D eigenvalue weighted by Gasteiger charge is 2.02. The highest BCUT2D eigenvalue weighted by Crippen LogP contribution is 2.11. The molecule has 6 nitrogen and oxygen atoms in total. The fourth-order valence-electron chi connectivity index (χ4n) is 1.63. The number of methoxy groups -OCH3 is 1. The summed E-state index contributed by atoms with van der Waals surface area (Å²) in [5, 5.41) is 3.11. The molecule has 0 aliphatic heterocycles. The minimum Gasteiger partial charge on any atom is -0.469 e. The Bertz CT molecular complexity index is 599. The molecule has 0 unspecified atom stereocenters. The summed E-state index contributed by atoms with van der Waals surface area (Å²) in [7, 11) is 1.37. The first-order chi connectivity index (χ1) is 8.69. The molecule has 2 aromatic rings. The van der Waals surface area contributed by atoms with Crippen molar-refractivity contribution in [1.82, 2.24) is 10.3 Å². The molecular weight excluding hydrogens is 236 g/mol. The molecule has 6 heteroatoms. The van der Waals surface area contributed by atoms with E-state index in [9.17, 15) is 9.59 Å². The third kappa shape index (κ3) is 2.98. The maximum atomic E-state index is 11.0. The summed E-state index contributed by atoms with van der Waals surface area (Å²) in [4.78, 5) is 24.5. The standard InChI is InChI=1S/C12H14N2O4/c1-17-11(15)4-5-13-7-8-2-3-10-9(6-8)14-12(16)18-10/h2-3,6,13H,4-5,7H2,1H3,(H,14,16). The first kappa shape index (κ1) is 12.4. The van der Waals surface area contributed by atoms with Crippen LogP contribution in [-0.2, 0) is 16.1 Å². The molecule has 1 aromatic heterocycles. The lowest BCUT2D eigenvalue weighted by molar-refractivity contribution is -0.140. The monoisotopic (exact) mass is 250 g/mol. The van der Waals surface area contributed by atoms with Crippen molar-refractivity contribution in [1.29, 1.82) is 0 Å². The molecule has 0 saturated heterocycles. The Kier molecular flexibility index (Phi) is 3.78. The number of esters is 1. The van der Waals surface area contributed by atoms with Gasteiger partial charge in [0.1, 0.15) is 0 Å². The maximum Gasteiger partial charge on any atom is 0.417 e. The molecular formula is C12H14N2O4. The van der Waals surface area contributed by atoms with E-state index < -0.39 is 5.76 Å². The highest BCUT2D eigenvalue weighted by molar-refractivity contribution is 5.72. The van der Waals surface area contributed by atoms with Crippen LogP contribution in [0, 0.1) is 0 Å². The van der Waals surface area contributed by atoms with E-state index in [2.05, 4.69) is 15.0 Å². The average Bonchev–Trinajstić information content (AvgIpc) is 2.73.